The van der Waals surface area contributed by atoms with Crippen molar-refractivity contribution in [3.63, 3.8) is 0 Å². The number of nitrogens with zero attached hydrogens (tertiary/aromatic N) is 5. The molecule has 13 heteroatoms. The number of rotatable bonds is 17. The van der Waals surface area contributed by atoms with E-state index in [1.165, 1.54) is 29.8 Å². The molecule has 47 heavy (non-hydrogen) atoms. The van der Waals surface area contributed by atoms with Gasteiger partial charge in [-0.25, -0.2) is 9.59 Å². The summed E-state index contributed by atoms with van der Waals surface area (Å²) >= 11 is 0. The van der Waals surface area contributed by atoms with Crippen LogP contribution in [-0.2, 0) is 39.4 Å². The van der Waals surface area contributed by atoms with E-state index in [0.29, 0.717) is 73.7 Å². The minimum Gasteiger partial charge on any atom is -1.00 e. The lowest BCUT2D eigenvalue weighted by atomic mass is 10.0. The number of aromatic nitrogens is 4. The second-order valence-electron chi connectivity index (χ2n) is 12.3. The maximum Gasteiger partial charge on any atom is 0.416 e. The molecule has 0 saturated heterocycles. The molecule has 3 aromatic rings. The minimum atomic E-state index is -4.39. The molecule has 0 atom stereocenters. The van der Waals surface area contributed by atoms with Crippen molar-refractivity contribution in [1.29, 1.82) is 0 Å². The molecule has 0 aliphatic rings. The number of benzene rings is 1. The van der Waals surface area contributed by atoms with Gasteiger partial charge in [-0.15, -0.1) is 0 Å². The van der Waals surface area contributed by atoms with Crippen LogP contribution in [0.25, 0.3) is 0 Å². The van der Waals surface area contributed by atoms with Gasteiger partial charge in [-0.2, -0.15) is 13.2 Å². The Morgan fingerprint density at radius 2 is 1.17 bits per heavy atom. The molecular weight excluding hydrogens is 679 g/mol. The van der Waals surface area contributed by atoms with Gasteiger partial charge in [0.25, 0.3) is 11.1 Å². The summed E-state index contributed by atoms with van der Waals surface area (Å²) in [5.41, 5.74) is -0.316. The maximum atomic E-state index is 13.6. The van der Waals surface area contributed by atoms with Crippen LogP contribution in [0.5, 0.6) is 0 Å². The van der Waals surface area contributed by atoms with Crippen molar-refractivity contribution in [2.45, 2.75) is 105 Å². The minimum absolute atomic E-state index is 0. The number of hydrogen-bond donors (Lipinski definition) is 0. The van der Waals surface area contributed by atoms with E-state index in [0.717, 1.165) is 49.2 Å². The molecule has 3 rings (SSSR count). The van der Waals surface area contributed by atoms with Crippen LogP contribution < -0.4 is 39.5 Å². The predicted molar refractivity (Wildman–Crippen MR) is 174 cm³/mol. The van der Waals surface area contributed by atoms with E-state index in [-0.39, 0.29) is 39.5 Å². The Labute approximate surface area is 284 Å². The lowest BCUT2D eigenvalue weighted by molar-refractivity contribution is -0.938. The first kappa shape index (κ1) is 40.0. The van der Waals surface area contributed by atoms with Crippen LogP contribution in [0.1, 0.15) is 81.3 Å². The zero-order chi connectivity index (χ0) is 34.1. The molecule has 0 amide bonds. The zero-order valence-electron chi connectivity index (χ0n) is 28.2. The van der Waals surface area contributed by atoms with E-state index in [1.54, 1.807) is 35.1 Å². The van der Waals surface area contributed by atoms with Crippen LogP contribution in [0, 0.1) is 13.8 Å². The molecule has 0 fully saturated rings. The Balaban J connectivity index is 0.00000768. The van der Waals surface area contributed by atoms with Gasteiger partial charge in [-0.1, -0.05) is 31.0 Å². The fraction of sp³-hybridized carbons (Fsp3) is 0.588. The van der Waals surface area contributed by atoms with Crippen molar-refractivity contribution < 1.29 is 34.6 Å². The summed E-state index contributed by atoms with van der Waals surface area (Å²) in [6.07, 6.45) is 0.937. The van der Waals surface area contributed by atoms with Gasteiger partial charge in [0.15, 0.2) is 0 Å². The van der Waals surface area contributed by atoms with Gasteiger partial charge >= 0.3 is 17.6 Å². The van der Waals surface area contributed by atoms with Crippen molar-refractivity contribution >= 4 is 0 Å². The number of halogens is 4. The summed E-state index contributed by atoms with van der Waals surface area (Å²) in [5.74, 6) is 0. The largest absolute Gasteiger partial charge is 1.00 e. The lowest BCUT2D eigenvalue weighted by Gasteiger charge is -2.37. The summed E-state index contributed by atoms with van der Waals surface area (Å²) in [6, 6.07) is 8.73. The Kier molecular flexibility index (Phi) is 15.2. The molecule has 0 radical (unpaired) electrons. The smallest absolute Gasteiger partial charge is 0.416 e. The van der Waals surface area contributed by atoms with Gasteiger partial charge in [0.05, 0.1) is 25.2 Å². The predicted octanol–water partition coefficient (Wildman–Crippen LogP) is 2.00. The van der Waals surface area contributed by atoms with Crippen LogP contribution in [-0.4, -0.2) is 42.4 Å². The third-order valence-corrected chi connectivity index (χ3v) is 9.29. The molecule has 0 bridgehead atoms. The van der Waals surface area contributed by atoms with Crippen molar-refractivity contribution in [3.05, 3.63) is 101 Å². The average molecular weight is 729 g/mol. The summed E-state index contributed by atoms with van der Waals surface area (Å²) in [7, 11) is 1.47. The molecule has 0 aliphatic carbocycles. The van der Waals surface area contributed by atoms with Crippen LogP contribution in [0.4, 0.5) is 13.2 Å². The van der Waals surface area contributed by atoms with Gasteiger partial charge in [0, 0.05) is 55.8 Å². The monoisotopic (exact) mass is 727 g/mol. The first-order chi connectivity index (χ1) is 21.7. The standard InChI is InChI=1S/C34H49F3N5O4.BrH/c1-6-42(7-2,25-28-17-11-12-18-29(28)34(35,36)37)22-16-10-15-21-41-31(44)24-27(4)40(33(41)46)20-14-9-8-13-19-39-26(3)23-30(43)38(5)32(39)45;/h11-12,17-18,23-24H,6-10,13-16,19-22,25H2,1-5H3;1H/q+1;/p-1. The van der Waals surface area contributed by atoms with E-state index >= 15 is 0 Å². The second-order valence-corrected chi connectivity index (χ2v) is 12.3. The summed E-state index contributed by atoms with van der Waals surface area (Å²) in [6.45, 7) is 11.2. The molecule has 2 heterocycles. The van der Waals surface area contributed by atoms with Crippen molar-refractivity contribution in [2.75, 3.05) is 19.6 Å². The number of hydrogen-bond acceptors (Lipinski definition) is 4. The fourth-order valence-electron chi connectivity index (χ4n) is 6.18. The van der Waals surface area contributed by atoms with Crippen LogP contribution in [0.3, 0.4) is 0 Å². The number of alkyl halides is 3. The summed E-state index contributed by atoms with van der Waals surface area (Å²) < 4.78 is 47.0. The van der Waals surface area contributed by atoms with E-state index in [1.807, 2.05) is 13.8 Å². The topological polar surface area (TPSA) is 88.0 Å². The van der Waals surface area contributed by atoms with Crippen LogP contribution in [0.2, 0.25) is 0 Å². The van der Waals surface area contributed by atoms with Crippen molar-refractivity contribution in [1.82, 2.24) is 18.3 Å². The van der Waals surface area contributed by atoms with Crippen molar-refractivity contribution in [3.8, 4) is 0 Å². The third-order valence-electron chi connectivity index (χ3n) is 9.29. The van der Waals surface area contributed by atoms with Crippen LogP contribution >= 0.6 is 0 Å². The van der Waals surface area contributed by atoms with E-state index < -0.39 is 11.7 Å². The highest BCUT2D eigenvalue weighted by Crippen LogP contribution is 2.33. The molecule has 1 aromatic carbocycles. The molecular formula is C34H49BrF3N5O4. The molecule has 0 saturated carbocycles. The van der Waals surface area contributed by atoms with Crippen molar-refractivity contribution in [2.24, 2.45) is 7.05 Å². The Morgan fingerprint density at radius 1 is 0.681 bits per heavy atom. The van der Waals surface area contributed by atoms with Gasteiger partial charge in [-0.3, -0.25) is 27.9 Å². The Morgan fingerprint density at radius 3 is 1.72 bits per heavy atom. The highest BCUT2D eigenvalue weighted by molar-refractivity contribution is 5.29. The number of quaternary nitrogens is 1. The lowest BCUT2D eigenvalue weighted by Crippen LogP contribution is -3.00. The average Bonchev–Trinajstić information content (AvgIpc) is 3.00. The number of unbranched alkanes of at least 4 members (excludes halogenated alkanes) is 5. The number of aryl methyl sites for hydroxylation is 2. The van der Waals surface area contributed by atoms with Gasteiger partial charge in [0.2, 0.25) is 0 Å². The Bertz CT molecular complexity index is 1700. The van der Waals surface area contributed by atoms with Crippen LogP contribution in [0.15, 0.2) is 55.6 Å². The third kappa shape index (κ3) is 10.4. The molecule has 0 unspecified atom stereocenters. The zero-order valence-corrected chi connectivity index (χ0v) is 29.8. The van der Waals surface area contributed by atoms with Gasteiger partial charge < -0.3 is 21.5 Å². The van der Waals surface area contributed by atoms with E-state index in [2.05, 4.69) is 0 Å². The van der Waals surface area contributed by atoms with Gasteiger partial charge in [0.1, 0.15) is 6.54 Å². The highest BCUT2D eigenvalue weighted by Gasteiger charge is 2.35. The highest BCUT2D eigenvalue weighted by atomic mass is 79.9. The van der Waals surface area contributed by atoms with Gasteiger partial charge in [-0.05, 0) is 65.9 Å². The molecule has 262 valence electrons. The molecule has 0 aliphatic heterocycles. The summed E-state index contributed by atoms with van der Waals surface area (Å²) in [4.78, 5) is 50.1. The second kappa shape index (κ2) is 17.8. The SMILES string of the molecule is CC[N+](CC)(CCCCCn1c(=O)cc(C)n(CCCCCCn2c(C)cc(=O)n(C)c2=O)c1=O)Cc1ccccc1C(F)(F)F.[Br-]. The fourth-order valence-corrected chi connectivity index (χ4v) is 6.18. The maximum absolute atomic E-state index is 13.6. The quantitative estimate of drug-likeness (QED) is 0.157. The molecule has 9 nitrogen and oxygen atoms in total. The van der Waals surface area contributed by atoms with E-state index in [9.17, 15) is 32.3 Å². The molecule has 2 aromatic heterocycles. The normalized spacial score (nSPS) is 11.9. The first-order valence-corrected chi connectivity index (χ1v) is 16.3. The van der Waals surface area contributed by atoms with E-state index in [4.69, 9.17) is 0 Å². The molecule has 0 spiro atoms. The summed E-state index contributed by atoms with van der Waals surface area (Å²) in [5, 5.41) is 0. The first-order valence-electron chi connectivity index (χ1n) is 16.3. The molecule has 0 N–H and O–H groups in total. The Hall–Kier alpha value is -3.19.